The molecule has 0 saturated heterocycles. The van der Waals surface area contributed by atoms with Crippen LogP contribution in [-0.4, -0.2) is 38.9 Å². The molecule has 0 radical (unpaired) electrons. The highest BCUT2D eigenvalue weighted by Gasteiger charge is 2.23. The molecule has 0 spiro atoms. The van der Waals surface area contributed by atoms with Gasteiger partial charge in [0.05, 0.1) is 12.1 Å². The van der Waals surface area contributed by atoms with Crippen molar-refractivity contribution in [1.82, 2.24) is 9.97 Å². The van der Waals surface area contributed by atoms with Gasteiger partial charge in [-0.2, -0.15) is 8.78 Å². The zero-order valence-electron chi connectivity index (χ0n) is 20.5. The predicted octanol–water partition coefficient (Wildman–Crippen LogP) is 5.22. The van der Waals surface area contributed by atoms with E-state index in [2.05, 4.69) is 16.0 Å². The maximum absolute atomic E-state index is 12.5. The van der Waals surface area contributed by atoms with Gasteiger partial charge in [0, 0.05) is 29.8 Å². The molecule has 0 aliphatic carbocycles. The number of halogens is 2. The number of pyridine rings is 2. The number of nitrogens with zero attached hydrogens (tertiary/aromatic N) is 2. The Morgan fingerprint density at radius 3 is 2.59 bits per heavy atom. The third-order valence-electron chi connectivity index (χ3n) is 6.30. The van der Waals surface area contributed by atoms with Crippen LogP contribution in [0, 0.1) is 6.92 Å². The van der Waals surface area contributed by atoms with E-state index in [0.29, 0.717) is 29.0 Å². The van der Waals surface area contributed by atoms with Gasteiger partial charge in [-0.05, 0) is 79.1 Å². The topological polar surface area (TPSA) is 119 Å². The Balaban J connectivity index is 1.47. The van der Waals surface area contributed by atoms with Crippen LogP contribution in [0.3, 0.4) is 0 Å². The number of hydrogen-bond acceptors (Lipinski definition) is 6. The van der Waals surface area contributed by atoms with E-state index in [1.54, 1.807) is 6.20 Å². The Labute approximate surface area is 212 Å². The minimum atomic E-state index is -3.67. The van der Waals surface area contributed by atoms with Crippen molar-refractivity contribution in [2.24, 2.45) is 0 Å². The van der Waals surface area contributed by atoms with Gasteiger partial charge in [0.25, 0.3) is 0 Å². The van der Waals surface area contributed by atoms with Crippen LogP contribution in [0.1, 0.15) is 41.5 Å². The normalized spacial score (nSPS) is 11.8. The number of anilines is 1. The maximum atomic E-state index is 12.5. The lowest BCUT2D eigenvalue weighted by molar-refractivity contribution is -0.204. The zero-order valence-corrected chi connectivity index (χ0v) is 20.5. The van der Waals surface area contributed by atoms with Crippen molar-refractivity contribution >= 4 is 33.6 Å². The molecule has 0 saturated carbocycles. The van der Waals surface area contributed by atoms with Gasteiger partial charge in [-0.15, -0.1) is 0 Å². The van der Waals surface area contributed by atoms with E-state index >= 15 is 0 Å². The molecule has 2 aromatic heterocycles. The molecule has 9 heteroatoms. The zero-order chi connectivity index (χ0) is 26.6. The van der Waals surface area contributed by atoms with Crippen LogP contribution in [0.2, 0.25) is 0 Å². The summed E-state index contributed by atoms with van der Waals surface area (Å²) >= 11 is 0. The summed E-state index contributed by atoms with van der Waals surface area (Å²) in [6.45, 7) is 2.08. The number of aromatic nitrogens is 2. The molecule has 0 aliphatic rings. The number of aryl methyl sites for hydroxylation is 4. The van der Waals surface area contributed by atoms with E-state index in [1.165, 1.54) is 0 Å². The van der Waals surface area contributed by atoms with Crippen LogP contribution >= 0.6 is 0 Å². The second kappa shape index (κ2) is 11.0. The molecule has 7 nitrogen and oxygen atoms in total. The van der Waals surface area contributed by atoms with Gasteiger partial charge in [-0.1, -0.05) is 18.2 Å². The van der Waals surface area contributed by atoms with E-state index < -0.39 is 18.5 Å². The fourth-order valence-electron chi connectivity index (χ4n) is 4.33. The van der Waals surface area contributed by atoms with E-state index in [4.69, 9.17) is 20.7 Å². The first-order valence-electron chi connectivity index (χ1n) is 12.1. The highest BCUT2D eigenvalue weighted by molar-refractivity contribution is 6.08. The van der Waals surface area contributed by atoms with E-state index in [9.17, 15) is 13.6 Å². The predicted molar refractivity (Wildman–Crippen MR) is 138 cm³/mol. The number of aliphatic hydroxyl groups is 1. The van der Waals surface area contributed by atoms with Crippen LogP contribution in [0.4, 0.5) is 14.6 Å². The molecule has 4 rings (SSSR count). The first-order chi connectivity index (χ1) is 17.6. The summed E-state index contributed by atoms with van der Waals surface area (Å²) in [6.07, 6.45) is -0.452. The summed E-state index contributed by atoms with van der Waals surface area (Å²) in [6, 6.07) is 13.5. The first-order valence-corrected chi connectivity index (χ1v) is 12.1. The Hall–Kier alpha value is -3.85. The number of aliphatic carboxylic acids is 1. The molecule has 4 aromatic rings. The number of alkyl halides is 2. The molecule has 0 amide bonds. The van der Waals surface area contributed by atoms with E-state index in [-0.39, 0.29) is 19.4 Å². The van der Waals surface area contributed by atoms with Gasteiger partial charge in [-0.25, -0.2) is 4.98 Å². The Bertz CT molecular complexity index is 1440. The Morgan fingerprint density at radius 2 is 1.86 bits per heavy atom. The molecule has 0 unspecified atom stereocenters. The van der Waals surface area contributed by atoms with Gasteiger partial charge >= 0.3 is 12.1 Å². The van der Waals surface area contributed by atoms with E-state index in [0.717, 1.165) is 45.9 Å². The van der Waals surface area contributed by atoms with E-state index in [1.807, 2.05) is 43.3 Å². The van der Waals surface area contributed by atoms with Gasteiger partial charge in [0.15, 0.2) is 5.82 Å². The standard InChI is InChI=1S/C28H29F2N3O4/c1-17-13-21(37-12-2-11-28(29,30)36)8-7-20(17)6-3-19-14-23-22-9-4-18(5-10-25(34)35)15-24(22)33-27(31)26(23)32-16-19/h4,7-9,13-16,36H,2-3,5-6,10-12H2,1H3,(H2,31,33)(H,34,35). The largest absolute Gasteiger partial charge is 0.494 e. The SMILES string of the molecule is Cc1cc(OCCCC(O)(F)F)ccc1CCc1cnc2c(N)nc3cc(CCC(=O)O)ccc3c2c1. The highest BCUT2D eigenvalue weighted by Crippen LogP contribution is 2.29. The number of benzene rings is 2. The average Bonchev–Trinajstić information content (AvgIpc) is 2.84. The molecule has 0 aliphatic heterocycles. The van der Waals surface area contributed by atoms with Gasteiger partial charge < -0.3 is 20.7 Å². The molecular weight excluding hydrogens is 480 g/mol. The van der Waals surface area contributed by atoms with Crippen molar-refractivity contribution in [2.45, 2.75) is 51.6 Å². The number of nitrogens with two attached hydrogens (primary N) is 1. The number of fused-ring (bicyclic) bond motifs is 3. The summed E-state index contributed by atoms with van der Waals surface area (Å²) in [7, 11) is 0. The molecule has 0 bridgehead atoms. The smallest absolute Gasteiger partial charge is 0.353 e. The molecule has 4 N–H and O–H groups in total. The minimum Gasteiger partial charge on any atom is -0.494 e. The summed E-state index contributed by atoms with van der Waals surface area (Å²) in [4.78, 5) is 20.0. The van der Waals surface area contributed by atoms with Crippen LogP contribution in [0.15, 0.2) is 48.7 Å². The number of rotatable bonds is 11. The van der Waals surface area contributed by atoms with Crippen LogP contribution < -0.4 is 10.5 Å². The minimum absolute atomic E-state index is 0.0510. The third-order valence-corrected chi connectivity index (χ3v) is 6.30. The van der Waals surface area contributed by atoms with Gasteiger partial charge in [0.2, 0.25) is 0 Å². The third kappa shape index (κ3) is 6.89. The maximum Gasteiger partial charge on any atom is 0.353 e. The fraction of sp³-hybridized carbons (Fsp3) is 0.321. The molecular formula is C28H29F2N3O4. The number of carbonyl (C=O) groups is 1. The quantitative estimate of drug-likeness (QED) is 0.187. The summed E-state index contributed by atoms with van der Waals surface area (Å²) in [5, 5.41) is 19.3. The molecule has 194 valence electrons. The highest BCUT2D eigenvalue weighted by atomic mass is 19.3. The Morgan fingerprint density at radius 1 is 1.05 bits per heavy atom. The Kier molecular flexibility index (Phi) is 7.83. The van der Waals surface area contributed by atoms with Gasteiger partial charge in [0.1, 0.15) is 11.3 Å². The lowest BCUT2D eigenvalue weighted by Gasteiger charge is -2.12. The summed E-state index contributed by atoms with van der Waals surface area (Å²) < 4.78 is 30.6. The van der Waals surface area contributed by atoms with Crippen molar-refractivity contribution in [1.29, 1.82) is 0 Å². The monoisotopic (exact) mass is 509 g/mol. The van der Waals surface area contributed by atoms with Crippen molar-refractivity contribution in [3.8, 4) is 5.75 Å². The second-order valence-electron chi connectivity index (χ2n) is 9.19. The molecule has 0 fully saturated rings. The number of hydrogen-bond donors (Lipinski definition) is 3. The fourth-order valence-corrected chi connectivity index (χ4v) is 4.33. The summed E-state index contributed by atoms with van der Waals surface area (Å²) in [5.74, 6) is 0.0911. The first kappa shape index (κ1) is 26.2. The van der Waals surface area contributed by atoms with Crippen molar-refractivity contribution in [3.05, 3.63) is 70.9 Å². The number of carboxylic acid groups (broad SMARTS) is 1. The average molecular weight is 510 g/mol. The molecule has 2 aromatic carbocycles. The second-order valence-corrected chi connectivity index (χ2v) is 9.19. The van der Waals surface area contributed by atoms with Crippen molar-refractivity contribution < 1.29 is 28.5 Å². The van der Waals surface area contributed by atoms with Crippen LogP contribution in [0.25, 0.3) is 21.8 Å². The molecule has 2 heterocycles. The lowest BCUT2D eigenvalue weighted by Crippen LogP contribution is -2.15. The van der Waals surface area contributed by atoms with Gasteiger partial charge in [-0.3, -0.25) is 9.78 Å². The molecule has 0 atom stereocenters. The number of carboxylic acids is 1. The molecule has 37 heavy (non-hydrogen) atoms. The van der Waals surface area contributed by atoms with Crippen LogP contribution in [0.5, 0.6) is 5.75 Å². The van der Waals surface area contributed by atoms with Crippen LogP contribution in [-0.2, 0) is 24.1 Å². The van der Waals surface area contributed by atoms with Crippen molar-refractivity contribution in [2.75, 3.05) is 12.3 Å². The lowest BCUT2D eigenvalue weighted by atomic mass is 9.99. The number of ether oxygens (including phenoxy) is 1. The summed E-state index contributed by atoms with van der Waals surface area (Å²) in [5.41, 5.74) is 11.6. The number of nitrogen functional groups attached to an aromatic ring is 1. The van der Waals surface area contributed by atoms with Crippen molar-refractivity contribution in [3.63, 3.8) is 0 Å².